The van der Waals surface area contributed by atoms with Crippen LogP contribution in [-0.2, 0) is 4.79 Å². The van der Waals surface area contributed by atoms with Gasteiger partial charge in [-0.05, 0) is 18.8 Å². The average molecular weight is 167 g/mol. The van der Waals surface area contributed by atoms with E-state index >= 15 is 0 Å². The van der Waals surface area contributed by atoms with Crippen LogP contribution < -0.4 is 0 Å². The molecule has 2 unspecified atom stereocenters. The molecule has 2 heteroatoms. The Morgan fingerprint density at radius 2 is 2.00 bits per heavy atom. The topological polar surface area (TPSA) is 20.3 Å². The van der Waals surface area contributed by atoms with Crippen molar-refractivity contribution in [1.29, 1.82) is 0 Å². The Labute approximate surface area is 73.9 Å². The lowest BCUT2D eigenvalue weighted by Crippen LogP contribution is -2.30. The third-order valence-electron chi connectivity index (χ3n) is 3.45. The zero-order valence-corrected chi connectivity index (χ0v) is 7.75. The van der Waals surface area contributed by atoms with Gasteiger partial charge >= 0.3 is 0 Å². The van der Waals surface area contributed by atoms with Crippen LogP contribution in [0.4, 0.5) is 0 Å². The van der Waals surface area contributed by atoms with Crippen LogP contribution in [0.25, 0.3) is 0 Å². The van der Waals surface area contributed by atoms with Crippen LogP contribution in [0.3, 0.4) is 0 Å². The van der Waals surface area contributed by atoms with Gasteiger partial charge in [0.2, 0.25) is 5.91 Å². The maximum Gasteiger partial charge on any atom is 0.222 e. The average Bonchev–Trinajstić information content (AvgIpc) is 2.30. The summed E-state index contributed by atoms with van der Waals surface area (Å²) < 4.78 is 0. The normalized spacial score (nSPS) is 36.4. The highest BCUT2D eigenvalue weighted by Crippen LogP contribution is 2.34. The van der Waals surface area contributed by atoms with Gasteiger partial charge in [-0.25, -0.2) is 0 Å². The van der Waals surface area contributed by atoms with Crippen molar-refractivity contribution in [3.63, 3.8) is 0 Å². The van der Waals surface area contributed by atoms with E-state index < -0.39 is 0 Å². The summed E-state index contributed by atoms with van der Waals surface area (Å²) >= 11 is 0. The lowest BCUT2D eigenvalue weighted by atomic mass is 9.96. The van der Waals surface area contributed by atoms with Gasteiger partial charge in [-0.3, -0.25) is 4.79 Å². The summed E-state index contributed by atoms with van der Waals surface area (Å²) in [4.78, 5) is 13.4. The molecule has 2 aliphatic rings. The molecule has 0 spiro atoms. The first-order valence-corrected chi connectivity index (χ1v) is 5.04. The molecule has 2 nitrogen and oxygen atoms in total. The number of fused-ring (bicyclic) bond motifs is 1. The van der Waals surface area contributed by atoms with Crippen LogP contribution in [0.15, 0.2) is 0 Å². The Kier molecular flexibility index (Phi) is 2.07. The lowest BCUT2D eigenvalue weighted by molar-refractivity contribution is -0.127. The molecule has 1 saturated heterocycles. The van der Waals surface area contributed by atoms with Gasteiger partial charge in [-0.2, -0.15) is 0 Å². The largest absolute Gasteiger partial charge is 0.342 e. The fraction of sp³-hybridized carbons (Fsp3) is 0.900. The van der Waals surface area contributed by atoms with Crippen LogP contribution in [0.5, 0.6) is 0 Å². The van der Waals surface area contributed by atoms with Crippen molar-refractivity contribution in [3.8, 4) is 0 Å². The summed E-state index contributed by atoms with van der Waals surface area (Å²) in [5.41, 5.74) is 0. The van der Waals surface area contributed by atoms with Crippen LogP contribution in [-0.4, -0.2) is 23.9 Å². The highest BCUT2D eigenvalue weighted by atomic mass is 16.2. The Balaban J connectivity index is 2.09. The number of carbonyl (C=O) groups is 1. The van der Waals surface area contributed by atoms with Crippen molar-refractivity contribution >= 4 is 5.91 Å². The number of carbonyl (C=O) groups excluding carboxylic acids is 1. The molecule has 12 heavy (non-hydrogen) atoms. The summed E-state index contributed by atoms with van der Waals surface area (Å²) in [5.74, 6) is 1.05. The minimum atomic E-state index is 0.367. The standard InChI is InChI=1S/C10H17NO/c1-11-9-6-4-2-3-5-8(9)7-10(11)12/h8-9H,2-7H2,1H3. The molecule has 2 atom stereocenters. The number of rotatable bonds is 0. The molecule has 1 heterocycles. The summed E-state index contributed by atoms with van der Waals surface area (Å²) in [6, 6.07) is 0.583. The van der Waals surface area contributed by atoms with Gasteiger partial charge in [-0.15, -0.1) is 0 Å². The van der Waals surface area contributed by atoms with E-state index in [1.807, 2.05) is 11.9 Å². The Morgan fingerprint density at radius 1 is 1.25 bits per heavy atom. The monoisotopic (exact) mass is 167 g/mol. The molecular formula is C10H17NO. The highest BCUT2D eigenvalue weighted by molar-refractivity contribution is 5.79. The van der Waals surface area contributed by atoms with Crippen molar-refractivity contribution in [2.75, 3.05) is 7.05 Å². The van der Waals surface area contributed by atoms with Gasteiger partial charge in [0.25, 0.3) is 0 Å². The molecule has 68 valence electrons. The van der Waals surface area contributed by atoms with E-state index in [0.29, 0.717) is 17.9 Å². The van der Waals surface area contributed by atoms with Crippen LogP contribution in [0.1, 0.15) is 38.5 Å². The molecule has 1 amide bonds. The van der Waals surface area contributed by atoms with Gasteiger partial charge in [0.15, 0.2) is 0 Å². The summed E-state index contributed by atoms with van der Waals surface area (Å²) in [7, 11) is 1.97. The smallest absolute Gasteiger partial charge is 0.222 e. The molecule has 0 bridgehead atoms. The van der Waals surface area contributed by atoms with E-state index in [2.05, 4.69) is 0 Å². The van der Waals surface area contributed by atoms with Gasteiger partial charge in [0, 0.05) is 19.5 Å². The Bertz CT molecular complexity index is 190. The van der Waals surface area contributed by atoms with Crippen molar-refractivity contribution in [3.05, 3.63) is 0 Å². The molecular weight excluding hydrogens is 150 g/mol. The molecule has 0 aromatic carbocycles. The summed E-state index contributed by atoms with van der Waals surface area (Å²) in [5, 5.41) is 0. The van der Waals surface area contributed by atoms with E-state index in [4.69, 9.17) is 0 Å². The second-order valence-corrected chi connectivity index (χ2v) is 4.17. The molecule has 2 rings (SSSR count). The Hall–Kier alpha value is -0.530. The molecule has 0 aromatic rings. The number of likely N-dealkylation sites (tertiary alicyclic amines) is 1. The van der Waals surface area contributed by atoms with Gasteiger partial charge < -0.3 is 4.90 Å². The zero-order chi connectivity index (χ0) is 8.55. The van der Waals surface area contributed by atoms with E-state index in [1.54, 1.807) is 0 Å². The predicted molar refractivity (Wildman–Crippen MR) is 47.8 cm³/mol. The maximum absolute atomic E-state index is 11.4. The van der Waals surface area contributed by atoms with E-state index in [-0.39, 0.29) is 0 Å². The van der Waals surface area contributed by atoms with E-state index in [0.717, 1.165) is 6.42 Å². The SMILES string of the molecule is CN1C(=O)CC2CCCCCC21. The molecule has 1 saturated carbocycles. The number of hydrogen-bond donors (Lipinski definition) is 0. The zero-order valence-electron chi connectivity index (χ0n) is 7.75. The fourth-order valence-electron chi connectivity index (χ4n) is 2.67. The molecule has 0 N–H and O–H groups in total. The Morgan fingerprint density at radius 3 is 2.83 bits per heavy atom. The van der Waals surface area contributed by atoms with Gasteiger partial charge in [0.1, 0.15) is 0 Å². The molecule has 0 aromatic heterocycles. The van der Waals surface area contributed by atoms with Crippen molar-refractivity contribution in [2.45, 2.75) is 44.6 Å². The van der Waals surface area contributed by atoms with Crippen molar-refractivity contribution in [1.82, 2.24) is 4.90 Å². The van der Waals surface area contributed by atoms with Crippen LogP contribution in [0.2, 0.25) is 0 Å². The minimum Gasteiger partial charge on any atom is -0.342 e. The minimum absolute atomic E-state index is 0.367. The summed E-state index contributed by atoms with van der Waals surface area (Å²) in [6.07, 6.45) is 7.37. The molecule has 1 aliphatic carbocycles. The van der Waals surface area contributed by atoms with Crippen molar-refractivity contribution < 1.29 is 4.79 Å². The first-order chi connectivity index (χ1) is 5.79. The lowest BCUT2D eigenvalue weighted by Gasteiger charge is -2.22. The quantitative estimate of drug-likeness (QED) is 0.538. The predicted octanol–water partition coefficient (Wildman–Crippen LogP) is 1.80. The van der Waals surface area contributed by atoms with Crippen LogP contribution in [0, 0.1) is 5.92 Å². The maximum atomic E-state index is 11.4. The third kappa shape index (κ3) is 1.23. The van der Waals surface area contributed by atoms with E-state index in [1.165, 1.54) is 32.1 Å². The second kappa shape index (κ2) is 3.08. The number of amides is 1. The van der Waals surface area contributed by atoms with Crippen molar-refractivity contribution in [2.24, 2.45) is 5.92 Å². The van der Waals surface area contributed by atoms with Gasteiger partial charge in [0.05, 0.1) is 0 Å². The molecule has 1 aliphatic heterocycles. The van der Waals surface area contributed by atoms with Crippen LogP contribution >= 0.6 is 0 Å². The molecule has 2 fully saturated rings. The highest BCUT2D eigenvalue weighted by Gasteiger charge is 2.37. The third-order valence-corrected chi connectivity index (χ3v) is 3.45. The van der Waals surface area contributed by atoms with E-state index in [9.17, 15) is 4.79 Å². The van der Waals surface area contributed by atoms with Gasteiger partial charge in [-0.1, -0.05) is 19.3 Å². The first-order valence-electron chi connectivity index (χ1n) is 5.04. The number of nitrogens with zero attached hydrogens (tertiary/aromatic N) is 1. The number of hydrogen-bond acceptors (Lipinski definition) is 1. The second-order valence-electron chi connectivity index (χ2n) is 4.17. The fourth-order valence-corrected chi connectivity index (χ4v) is 2.67. The first kappa shape index (κ1) is 8.09. The summed E-state index contributed by atoms with van der Waals surface area (Å²) in [6.45, 7) is 0. The molecule has 0 radical (unpaired) electrons.